The number of carbonyl (C=O) groups is 3. The van der Waals surface area contributed by atoms with Crippen LogP contribution in [0.2, 0.25) is 0 Å². The normalized spacial score (nSPS) is 23.5. The molecule has 0 bridgehead atoms. The van der Waals surface area contributed by atoms with Gasteiger partial charge in [0.05, 0.1) is 0 Å². The van der Waals surface area contributed by atoms with Crippen molar-refractivity contribution in [2.45, 2.75) is 24.9 Å². The van der Waals surface area contributed by atoms with Gasteiger partial charge in [0, 0.05) is 32.7 Å². The summed E-state index contributed by atoms with van der Waals surface area (Å²) in [4.78, 5) is 44.1. The Balaban J connectivity index is 1.06. The zero-order chi connectivity index (χ0) is 23.3. The maximum atomic E-state index is 13.3. The van der Waals surface area contributed by atoms with Crippen molar-refractivity contribution in [3.63, 3.8) is 0 Å². The molecule has 1 aliphatic carbocycles. The van der Waals surface area contributed by atoms with Crippen molar-refractivity contribution in [1.82, 2.24) is 20.0 Å². The molecule has 2 aromatic rings. The van der Waals surface area contributed by atoms with E-state index in [1.54, 1.807) is 4.90 Å². The number of nitrogens with zero attached hydrogens (tertiary/aromatic N) is 3. The fourth-order valence-corrected chi connectivity index (χ4v) is 5.42. The molecule has 3 aliphatic heterocycles. The maximum Gasteiger partial charge on any atom is 0.325 e. The quantitative estimate of drug-likeness (QED) is 0.692. The molecule has 4 aliphatic rings. The Labute approximate surface area is 197 Å². The first-order valence-electron chi connectivity index (χ1n) is 11.6. The zero-order valence-corrected chi connectivity index (χ0v) is 18.8. The molecule has 2 saturated heterocycles. The lowest BCUT2D eigenvalue weighted by Gasteiger charge is -2.35. The monoisotopic (exact) mass is 462 g/mol. The van der Waals surface area contributed by atoms with Crippen molar-refractivity contribution in [1.29, 1.82) is 0 Å². The average molecular weight is 463 g/mol. The molecule has 1 N–H and O–H groups in total. The lowest BCUT2D eigenvalue weighted by atomic mass is 9.92. The van der Waals surface area contributed by atoms with E-state index >= 15 is 0 Å². The summed E-state index contributed by atoms with van der Waals surface area (Å²) < 4.78 is 10.8. The van der Waals surface area contributed by atoms with E-state index in [1.165, 1.54) is 0 Å². The minimum atomic E-state index is -1.03. The first-order valence-corrected chi connectivity index (χ1v) is 11.6. The third-order valence-electron chi connectivity index (χ3n) is 7.28. The predicted octanol–water partition coefficient (Wildman–Crippen LogP) is 1.45. The number of piperazine rings is 1. The Morgan fingerprint density at radius 1 is 1.00 bits per heavy atom. The molecule has 6 rings (SSSR count). The second-order valence-electron chi connectivity index (χ2n) is 9.23. The molecule has 9 nitrogen and oxygen atoms in total. The van der Waals surface area contributed by atoms with E-state index in [9.17, 15) is 14.4 Å². The summed E-state index contributed by atoms with van der Waals surface area (Å²) in [6, 6.07) is 13.1. The molecular weight excluding hydrogens is 436 g/mol. The van der Waals surface area contributed by atoms with Crippen LogP contribution in [0.5, 0.6) is 11.5 Å². The van der Waals surface area contributed by atoms with Gasteiger partial charge in [0.2, 0.25) is 12.7 Å². The van der Waals surface area contributed by atoms with Crippen LogP contribution < -0.4 is 14.8 Å². The minimum Gasteiger partial charge on any atom is -0.454 e. The van der Waals surface area contributed by atoms with E-state index in [1.807, 2.05) is 42.5 Å². The second-order valence-corrected chi connectivity index (χ2v) is 9.23. The van der Waals surface area contributed by atoms with E-state index in [4.69, 9.17) is 9.47 Å². The Kier molecular flexibility index (Phi) is 4.95. The summed E-state index contributed by atoms with van der Waals surface area (Å²) in [5.41, 5.74) is 2.02. The molecule has 4 amide bonds. The van der Waals surface area contributed by atoms with E-state index in [-0.39, 0.29) is 25.2 Å². The SMILES string of the molecule is O=C(CN1C(=O)NC2(CCc3ccccc32)C1=O)N1CCN(Cc2ccc3c(c2)OCO3)CC1. The van der Waals surface area contributed by atoms with E-state index < -0.39 is 11.6 Å². The van der Waals surface area contributed by atoms with Crippen LogP contribution in [0.4, 0.5) is 4.79 Å². The number of nitrogens with one attached hydrogen (secondary N) is 1. The topological polar surface area (TPSA) is 91.4 Å². The van der Waals surface area contributed by atoms with Crippen LogP contribution in [0, 0.1) is 0 Å². The number of ether oxygens (including phenoxy) is 2. The van der Waals surface area contributed by atoms with Crippen LogP contribution in [-0.4, -0.2) is 72.1 Å². The van der Waals surface area contributed by atoms with Crippen molar-refractivity contribution in [3.05, 3.63) is 59.2 Å². The molecule has 1 unspecified atom stereocenters. The van der Waals surface area contributed by atoms with Gasteiger partial charge < -0.3 is 19.7 Å². The van der Waals surface area contributed by atoms with Crippen molar-refractivity contribution in [3.8, 4) is 11.5 Å². The van der Waals surface area contributed by atoms with Crippen LogP contribution >= 0.6 is 0 Å². The predicted molar refractivity (Wildman–Crippen MR) is 121 cm³/mol. The smallest absolute Gasteiger partial charge is 0.325 e. The summed E-state index contributed by atoms with van der Waals surface area (Å²) in [6.07, 6.45) is 1.26. The van der Waals surface area contributed by atoms with Gasteiger partial charge in [-0.3, -0.25) is 19.4 Å². The number of fused-ring (bicyclic) bond motifs is 3. The van der Waals surface area contributed by atoms with Gasteiger partial charge in [0.25, 0.3) is 5.91 Å². The molecule has 0 aromatic heterocycles. The van der Waals surface area contributed by atoms with Gasteiger partial charge >= 0.3 is 6.03 Å². The van der Waals surface area contributed by atoms with Crippen molar-refractivity contribution in [2.24, 2.45) is 0 Å². The molecular formula is C25H26N4O5. The van der Waals surface area contributed by atoms with Crippen LogP contribution in [0.1, 0.15) is 23.1 Å². The Hall–Kier alpha value is -3.59. The molecule has 1 spiro atoms. The number of rotatable bonds is 4. The van der Waals surface area contributed by atoms with E-state index in [2.05, 4.69) is 10.2 Å². The lowest BCUT2D eigenvalue weighted by Crippen LogP contribution is -2.51. The molecule has 9 heteroatoms. The second kappa shape index (κ2) is 8.02. The van der Waals surface area contributed by atoms with E-state index in [0.717, 1.165) is 59.1 Å². The summed E-state index contributed by atoms with van der Waals surface area (Å²) >= 11 is 0. The number of carbonyl (C=O) groups excluding carboxylic acids is 3. The fraction of sp³-hybridized carbons (Fsp3) is 0.400. The fourth-order valence-electron chi connectivity index (χ4n) is 5.42. The van der Waals surface area contributed by atoms with Crippen LogP contribution in [0.3, 0.4) is 0 Å². The van der Waals surface area contributed by atoms with Crippen LogP contribution in [-0.2, 0) is 28.1 Å². The number of benzene rings is 2. The number of hydrogen-bond donors (Lipinski definition) is 1. The molecule has 2 fully saturated rings. The third kappa shape index (κ3) is 3.38. The lowest BCUT2D eigenvalue weighted by molar-refractivity contribution is -0.140. The van der Waals surface area contributed by atoms with Crippen molar-refractivity contribution in [2.75, 3.05) is 39.5 Å². The highest BCUT2D eigenvalue weighted by Gasteiger charge is 2.55. The van der Waals surface area contributed by atoms with Gasteiger partial charge in [-0.05, 0) is 41.7 Å². The number of amides is 4. The number of imide groups is 1. The summed E-state index contributed by atoms with van der Waals surface area (Å²) in [5.74, 6) is 1.01. The Morgan fingerprint density at radius 2 is 1.79 bits per heavy atom. The first-order chi connectivity index (χ1) is 16.5. The maximum absolute atomic E-state index is 13.3. The Morgan fingerprint density at radius 3 is 2.65 bits per heavy atom. The first kappa shape index (κ1) is 21.0. The van der Waals surface area contributed by atoms with Crippen LogP contribution in [0.15, 0.2) is 42.5 Å². The summed E-state index contributed by atoms with van der Waals surface area (Å²) in [6.45, 7) is 3.34. The van der Waals surface area contributed by atoms with Gasteiger partial charge in [-0.2, -0.15) is 0 Å². The molecule has 0 radical (unpaired) electrons. The summed E-state index contributed by atoms with van der Waals surface area (Å²) in [5, 5.41) is 2.88. The molecule has 1 atom stereocenters. The van der Waals surface area contributed by atoms with E-state index in [0.29, 0.717) is 19.5 Å². The number of aryl methyl sites for hydroxylation is 1. The van der Waals surface area contributed by atoms with Gasteiger partial charge in [0.15, 0.2) is 11.5 Å². The molecule has 34 heavy (non-hydrogen) atoms. The van der Waals surface area contributed by atoms with Crippen LogP contribution in [0.25, 0.3) is 0 Å². The highest BCUT2D eigenvalue weighted by atomic mass is 16.7. The molecule has 3 heterocycles. The van der Waals surface area contributed by atoms with Gasteiger partial charge in [-0.15, -0.1) is 0 Å². The average Bonchev–Trinajstić information content (AvgIpc) is 3.53. The van der Waals surface area contributed by atoms with Gasteiger partial charge in [-0.25, -0.2) is 4.79 Å². The van der Waals surface area contributed by atoms with Crippen molar-refractivity contribution >= 4 is 17.8 Å². The standard InChI is InChI=1S/C25H26N4O5/c30-22(15-29-23(31)25(26-24(29)32)8-7-18-3-1-2-4-19(18)25)28-11-9-27(10-12-28)14-17-5-6-20-21(13-17)34-16-33-20/h1-6,13H,7-12,14-16H2,(H,26,32). The zero-order valence-electron chi connectivity index (χ0n) is 18.8. The molecule has 176 valence electrons. The number of urea groups is 1. The summed E-state index contributed by atoms with van der Waals surface area (Å²) in [7, 11) is 0. The van der Waals surface area contributed by atoms with Gasteiger partial charge in [0.1, 0.15) is 12.1 Å². The van der Waals surface area contributed by atoms with Gasteiger partial charge in [-0.1, -0.05) is 30.3 Å². The largest absolute Gasteiger partial charge is 0.454 e. The molecule has 2 aromatic carbocycles. The highest BCUT2D eigenvalue weighted by molar-refractivity contribution is 6.09. The van der Waals surface area contributed by atoms with Crippen molar-refractivity contribution < 1.29 is 23.9 Å². The highest BCUT2D eigenvalue weighted by Crippen LogP contribution is 2.41. The third-order valence-corrected chi connectivity index (χ3v) is 7.28. The number of hydrogen-bond acceptors (Lipinski definition) is 6. The minimum absolute atomic E-state index is 0.199. The Bertz CT molecular complexity index is 1180. The molecule has 0 saturated carbocycles.